The predicted octanol–water partition coefficient (Wildman–Crippen LogP) is 3.55. The van der Waals surface area contributed by atoms with E-state index in [0.29, 0.717) is 6.04 Å². The second-order valence-electron chi connectivity index (χ2n) is 8.33. The Morgan fingerprint density at radius 1 is 1.16 bits per heavy atom. The number of nitrogens with zero attached hydrogens (tertiary/aromatic N) is 3. The molecule has 2 bridgehead atoms. The number of anilines is 1. The Morgan fingerprint density at radius 2 is 2.04 bits per heavy atom. The van der Waals surface area contributed by atoms with E-state index in [1.165, 1.54) is 29.8 Å². The van der Waals surface area contributed by atoms with Gasteiger partial charge in [-0.1, -0.05) is 23.8 Å². The molecule has 0 spiro atoms. The Balaban J connectivity index is 1.46. The van der Waals surface area contributed by atoms with Crippen molar-refractivity contribution in [2.45, 2.75) is 44.7 Å². The molecule has 2 fully saturated rings. The highest BCUT2D eigenvalue weighted by molar-refractivity contribution is 5.65. The quantitative estimate of drug-likeness (QED) is 0.856. The van der Waals surface area contributed by atoms with E-state index in [1.807, 2.05) is 6.20 Å². The standard InChI is InChI=1S/C22H27N3/c1-14-4-7-19-18(10-14)21-17-11-20(24(3)13-17)22(21)25(19)9-8-16-6-5-15(2)23-12-16/h4-7,10,12,17,20-22H,8-9,11,13H2,1-3H3/t17-,20+,21+,22+/m1/s1. The molecule has 1 aromatic carbocycles. The molecular weight excluding hydrogens is 306 g/mol. The summed E-state index contributed by atoms with van der Waals surface area (Å²) in [4.78, 5) is 9.79. The van der Waals surface area contributed by atoms with Crippen molar-refractivity contribution in [3.05, 3.63) is 58.9 Å². The van der Waals surface area contributed by atoms with Crippen LogP contribution in [-0.2, 0) is 6.42 Å². The molecule has 5 rings (SSSR count). The third-order valence-corrected chi connectivity index (χ3v) is 6.73. The lowest BCUT2D eigenvalue weighted by Gasteiger charge is -2.38. The van der Waals surface area contributed by atoms with Crippen molar-refractivity contribution < 1.29 is 0 Å². The van der Waals surface area contributed by atoms with Gasteiger partial charge in [-0.3, -0.25) is 4.98 Å². The molecule has 4 atom stereocenters. The zero-order chi connectivity index (χ0) is 17.1. The molecule has 2 aliphatic heterocycles. The largest absolute Gasteiger partial charge is 0.366 e. The molecule has 1 saturated heterocycles. The first-order chi connectivity index (χ1) is 12.1. The van der Waals surface area contributed by atoms with Crippen LogP contribution in [-0.4, -0.2) is 42.1 Å². The van der Waals surface area contributed by atoms with E-state index < -0.39 is 0 Å². The smallest absolute Gasteiger partial charge is 0.0518 e. The van der Waals surface area contributed by atoms with Crippen LogP contribution in [0.1, 0.15) is 34.7 Å². The third-order valence-electron chi connectivity index (χ3n) is 6.73. The zero-order valence-corrected chi connectivity index (χ0v) is 15.4. The summed E-state index contributed by atoms with van der Waals surface area (Å²) in [7, 11) is 2.32. The maximum absolute atomic E-state index is 4.47. The van der Waals surface area contributed by atoms with Crippen LogP contribution in [0.15, 0.2) is 36.5 Å². The number of pyridine rings is 1. The molecule has 1 aromatic heterocycles. The van der Waals surface area contributed by atoms with Crippen molar-refractivity contribution in [1.29, 1.82) is 0 Å². The maximum Gasteiger partial charge on any atom is 0.0518 e. The predicted molar refractivity (Wildman–Crippen MR) is 102 cm³/mol. The average Bonchev–Trinajstić information content (AvgIpc) is 3.23. The van der Waals surface area contributed by atoms with Crippen LogP contribution in [0, 0.1) is 19.8 Å². The molecule has 3 aliphatic rings. The minimum atomic E-state index is 0.666. The van der Waals surface area contributed by atoms with Crippen LogP contribution >= 0.6 is 0 Å². The van der Waals surface area contributed by atoms with Gasteiger partial charge >= 0.3 is 0 Å². The van der Waals surface area contributed by atoms with Crippen molar-refractivity contribution in [3.63, 3.8) is 0 Å². The number of likely N-dealkylation sites (tertiary alicyclic amines) is 1. The highest BCUT2D eigenvalue weighted by Gasteiger charge is 2.56. The molecule has 0 unspecified atom stereocenters. The Bertz CT molecular complexity index is 797. The lowest BCUT2D eigenvalue weighted by molar-refractivity contribution is 0.217. The highest BCUT2D eigenvalue weighted by Crippen LogP contribution is 2.56. The number of hydrogen-bond donors (Lipinski definition) is 0. The van der Waals surface area contributed by atoms with Gasteiger partial charge in [0.1, 0.15) is 0 Å². The Morgan fingerprint density at radius 3 is 2.84 bits per heavy atom. The van der Waals surface area contributed by atoms with Crippen molar-refractivity contribution in [3.8, 4) is 0 Å². The second kappa shape index (κ2) is 5.57. The van der Waals surface area contributed by atoms with Crippen LogP contribution < -0.4 is 4.90 Å². The number of aromatic nitrogens is 1. The van der Waals surface area contributed by atoms with Crippen molar-refractivity contribution in [1.82, 2.24) is 9.88 Å². The number of likely N-dealkylation sites (N-methyl/N-ethyl adjacent to an activating group) is 1. The normalized spacial score (nSPS) is 30.0. The van der Waals surface area contributed by atoms with Crippen molar-refractivity contribution in [2.24, 2.45) is 5.92 Å². The van der Waals surface area contributed by atoms with E-state index in [9.17, 15) is 0 Å². The zero-order valence-electron chi connectivity index (χ0n) is 15.4. The molecule has 3 heteroatoms. The number of fused-ring (bicyclic) bond motifs is 7. The van der Waals surface area contributed by atoms with Gasteiger partial charge in [-0.25, -0.2) is 0 Å². The minimum absolute atomic E-state index is 0.666. The molecular formula is C22H27N3. The summed E-state index contributed by atoms with van der Waals surface area (Å²) in [5, 5.41) is 0. The first-order valence-electron chi connectivity index (χ1n) is 9.61. The fraction of sp³-hybridized carbons (Fsp3) is 0.500. The summed E-state index contributed by atoms with van der Waals surface area (Å²) < 4.78 is 0. The highest BCUT2D eigenvalue weighted by atomic mass is 15.3. The molecule has 0 N–H and O–H groups in total. The van der Waals surface area contributed by atoms with Crippen LogP contribution in [0.25, 0.3) is 0 Å². The van der Waals surface area contributed by atoms with Crippen molar-refractivity contribution in [2.75, 3.05) is 25.0 Å². The summed E-state index contributed by atoms with van der Waals surface area (Å²) in [6.45, 7) is 6.65. The fourth-order valence-corrected chi connectivity index (χ4v) is 5.62. The van der Waals surface area contributed by atoms with Crippen molar-refractivity contribution >= 4 is 5.69 Å². The maximum atomic E-state index is 4.47. The third kappa shape index (κ3) is 2.32. The molecule has 1 aliphatic carbocycles. The molecule has 1 saturated carbocycles. The molecule has 3 nitrogen and oxygen atoms in total. The molecule has 2 aromatic rings. The molecule has 3 heterocycles. The lowest BCUT2D eigenvalue weighted by atomic mass is 9.86. The number of piperidine rings is 1. The second-order valence-corrected chi connectivity index (χ2v) is 8.33. The monoisotopic (exact) mass is 333 g/mol. The number of aryl methyl sites for hydroxylation is 2. The van der Waals surface area contributed by atoms with E-state index in [0.717, 1.165) is 36.5 Å². The summed E-state index contributed by atoms with van der Waals surface area (Å²) in [6, 6.07) is 12.9. The van der Waals surface area contributed by atoms with Crippen LogP contribution in [0.5, 0.6) is 0 Å². The lowest BCUT2D eigenvalue weighted by Crippen LogP contribution is -2.49. The topological polar surface area (TPSA) is 19.4 Å². The van der Waals surface area contributed by atoms with Gasteiger partial charge in [-0.2, -0.15) is 0 Å². The van der Waals surface area contributed by atoms with E-state index in [-0.39, 0.29) is 0 Å². The van der Waals surface area contributed by atoms with Crippen LogP contribution in [0.2, 0.25) is 0 Å². The molecule has 0 amide bonds. The Labute approximate surface area is 150 Å². The number of rotatable bonds is 3. The molecule has 25 heavy (non-hydrogen) atoms. The van der Waals surface area contributed by atoms with E-state index in [1.54, 1.807) is 5.56 Å². The van der Waals surface area contributed by atoms with Gasteiger partial charge in [0.15, 0.2) is 0 Å². The fourth-order valence-electron chi connectivity index (χ4n) is 5.62. The molecule has 0 radical (unpaired) electrons. The van der Waals surface area contributed by atoms with E-state index in [4.69, 9.17) is 0 Å². The van der Waals surface area contributed by atoms with Crippen LogP contribution in [0.3, 0.4) is 0 Å². The summed E-state index contributed by atoms with van der Waals surface area (Å²) >= 11 is 0. The van der Waals surface area contributed by atoms with Gasteiger partial charge in [0, 0.05) is 42.6 Å². The Hall–Kier alpha value is -1.87. The summed E-state index contributed by atoms with van der Waals surface area (Å²) in [5.74, 6) is 1.58. The molecule has 130 valence electrons. The van der Waals surface area contributed by atoms with Gasteiger partial charge in [-0.05, 0) is 62.9 Å². The first kappa shape index (κ1) is 15.4. The Kier molecular flexibility index (Phi) is 3.43. The summed E-state index contributed by atoms with van der Waals surface area (Å²) in [6.07, 6.45) is 4.50. The van der Waals surface area contributed by atoms with E-state index in [2.05, 4.69) is 66.0 Å². The average molecular weight is 333 g/mol. The van der Waals surface area contributed by atoms with Gasteiger partial charge in [0.25, 0.3) is 0 Å². The SMILES string of the molecule is Cc1ccc2c(c1)[C@@H]1[C@@H]3C[C@@H]([C@@H]1N2CCc1ccc(C)nc1)N(C)C3. The van der Waals surface area contributed by atoms with Crippen LogP contribution in [0.4, 0.5) is 5.69 Å². The van der Waals surface area contributed by atoms with Gasteiger partial charge in [0.05, 0.1) is 6.04 Å². The van der Waals surface area contributed by atoms with Gasteiger partial charge in [0.2, 0.25) is 0 Å². The number of hydrogen-bond acceptors (Lipinski definition) is 3. The first-order valence-corrected chi connectivity index (χ1v) is 9.61. The number of benzene rings is 1. The van der Waals surface area contributed by atoms with Gasteiger partial charge in [-0.15, -0.1) is 0 Å². The van der Waals surface area contributed by atoms with Gasteiger partial charge < -0.3 is 9.80 Å². The summed E-state index contributed by atoms with van der Waals surface area (Å²) in [5.41, 5.74) is 6.95. The minimum Gasteiger partial charge on any atom is -0.366 e. The van der Waals surface area contributed by atoms with E-state index >= 15 is 0 Å².